The van der Waals surface area contributed by atoms with Gasteiger partial charge in [-0.25, -0.2) is 27.9 Å². The number of amides is 1. The SMILES string of the molecule is Cc1nc(N[C@H](C)c2cccc(C(F)F)c2F)c2cc(P3(=O)CCN(C(=O)OC(C)(C)C)CC3)ncc2n1. The summed E-state index contributed by atoms with van der Waals surface area (Å²) >= 11 is 0. The summed E-state index contributed by atoms with van der Waals surface area (Å²) in [4.78, 5) is 27.3. The number of rotatable bonds is 5. The Bertz CT molecular complexity index is 1400. The highest BCUT2D eigenvalue weighted by atomic mass is 31.2. The van der Waals surface area contributed by atoms with Gasteiger partial charge in [0, 0.05) is 36.4 Å². The van der Waals surface area contributed by atoms with Crippen molar-refractivity contribution in [1.29, 1.82) is 0 Å². The summed E-state index contributed by atoms with van der Waals surface area (Å²) in [7, 11) is -2.93. The number of alkyl halides is 2. The van der Waals surface area contributed by atoms with Crippen molar-refractivity contribution in [1.82, 2.24) is 19.9 Å². The Morgan fingerprint density at radius 2 is 1.82 bits per heavy atom. The van der Waals surface area contributed by atoms with Crippen molar-refractivity contribution in [2.24, 2.45) is 0 Å². The van der Waals surface area contributed by atoms with Crippen LogP contribution >= 0.6 is 7.14 Å². The summed E-state index contributed by atoms with van der Waals surface area (Å²) in [6.45, 7) is 9.26. The molecule has 2 aromatic heterocycles. The Labute approximate surface area is 219 Å². The fraction of sp³-hybridized carbons (Fsp3) is 0.462. The molecule has 1 fully saturated rings. The fourth-order valence-electron chi connectivity index (χ4n) is 4.35. The average molecular weight is 550 g/mol. The van der Waals surface area contributed by atoms with Crippen LogP contribution in [0, 0.1) is 12.7 Å². The lowest BCUT2D eigenvalue weighted by atomic mass is 10.0. The number of carbonyl (C=O) groups is 1. The van der Waals surface area contributed by atoms with Gasteiger partial charge in [-0.05, 0) is 40.7 Å². The predicted molar refractivity (Wildman–Crippen MR) is 140 cm³/mol. The zero-order chi connectivity index (χ0) is 27.8. The number of carbonyl (C=O) groups excluding carboxylic acids is 1. The molecule has 1 aliphatic rings. The maximum absolute atomic E-state index is 14.8. The van der Waals surface area contributed by atoms with Gasteiger partial charge in [0.05, 0.1) is 23.3 Å². The lowest BCUT2D eigenvalue weighted by molar-refractivity contribution is 0.0266. The molecular weight excluding hydrogens is 518 g/mol. The first kappa shape index (κ1) is 27.8. The topological polar surface area (TPSA) is 97.3 Å². The van der Waals surface area contributed by atoms with E-state index in [0.29, 0.717) is 28.0 Å². The molecule has 3 aromatic rings. The van der Waals surface area contributed by atoms with E-state index in [9.17, 15) is 22.5 Å². The predicted octanol–water partition coefficient (Wildman–Crippen LogP) is 5.82. The second kappa shape index (κ2) is 10.5. The Morgan fingerprint density at radius 3 is 2.45 bits per heavy atom. The highest BCUT2D eigenvalue weighted by molar-refractivity contribution is 7.71. The molecule has 1 aliphatic heterocycles. The third-order valence-electron chi connectivity index (χ3n) is 6.32. The van der Waals surface area contributed by atoms with Crippen molar-refractivity contribution in [2.45, 2.75) is 52.7 Å². The number of benzene rings is 1. The quantitative estimate of drug-likeness (QED) is 0.401. The fourth-order valence-corrected chi connectivity index (χ4v) is 6.79. The van der Waals surface area contributed by atoms with Crippen molar-refractivity contribution >= 4 is 35.4 Å². The molecule has 1 aromatic carbocycles. The number of nitrogens with one attached hydrogen (secondary N) is 1. The maximum Gasteiger partial charge on any atom is 0.410 e. The van der Waals surface area contributed by atoms with E-state index in [1.807, 2.05) is 0 Å². The Kier molecular flexibility index (Phi) is 7.70. The average Bonchev–Trinajstić information content (AvgIpc) is 2.83. The lowest BCUT2D eigenvalue weighted by Gasteiger charge is -2.33. The summed E-state index contributed by atoms with van der Waals surface area (Å²) in [5.41, 5.74) is -0.328. The molecule has 1 N–H and O–H groups in total. The second-order valence-corrected chi connectivity index (χ2v) is 13.5. The molecule has 0 unspecified atom stereocenters. The van der Waals surface area contributed by atoms with E-state index in [2.05, 4.69) is 20.3 Å². The minimum Gasteiger partial charge on any atom is -0.444 e. The van der Waals surface area contributed by atoms with Gasteiger partial charge in [0.25, 0.3) is 6.43 Å². The largest absolute Gasteiger partial charge is 0.444 e. The van der Waals surface area contributed by atoms with Crippen LogP contribution in [0.25, 0.3) is 10.9 Å². The highest BCUT2D eigenvalue weighted by Gasteiger charge is 2.35. The first-order valence-electron chi connectivity index (χ1n) is 12.3. The third kappa shape index (κ3) is 5.93. The van der Waals surface area contributed by atoms with Gasteiger partial charge < -0.3 is 19.5 Å². The third-order valence-corrected chi connectivity index (χ3v) is 9.25. The molecule has 0 spiro atoms. The number of pyridine rings is 1. The molecule has 204 valence electrons. The number of aryl methyl sites for hydroxylation is 1. The van der Waals surface area contributed by atoms with Crippen molar-refractivity contribution < 1.29 is 27.3 Å². The van der Waals surface area contributed by atoms with E-state index < -0.39 is 42.7 Å². The second-order valence-electron chi connectivity index (χ2n) is 10.4. The molecule has 3 heterocycles. The zero-order valence-electron chi connectivity index (χ0n) is 22.0. The smallest absolute Gasteiger partial charge is 0.410 e. The zero-order valence-corrected chi connectivity index (χ0v) is 22.9. The summed E-state index contributed by atoms with van der Waals surface area (Å²) < 4.78 is 60.5. The number of ether oxygens (including phenoxy) is 1. The Balaban J connectivity index is 1.61. The maximum atomic E-state index is 14.8. The molecule has 1 saturated heterocycles. The van der Waals surface area contributed by atoms with Gasteiger partial charge in [0.2, 0.25) is 0 Å². The molecule has 0 saturated carbocycles. The van der Waals surface area contributed by atoms with Gasteiger partial charge in [-0.2, -0.15) is 0 Å². The van der Waals surface area contributed by atoms with Crippen LogP contribution in [0.1, 0.15) is 57.1 Å². The van der Waals surface area contributed by atoms with Gasteiger partial charge in [0.15, 0.2) is 0 Å². The summed E-state index contributed by atoms with van der Waals surface area (Å²) in [6.07, 6.45) is -1.35. The van der Waals surface area contributed by atoms with Crippen LogP contribution in [0.5, 0.6) is 0 Å². The van der Waals surface area contributed by atoms with E-state index in [4.69, 9.17) is 4.74 Å². The number of halogens is 3. The lowest BCUT2D eigenvalue weighted by Crippen LogP contribution is -2.43. The summed E-state index contributed by atoms with van der Waals surface area (Å²) in [6, 6.07) is 4.86. The van der Waals surface area contributed by atoms with Crippen molar-refractivity contribution in [3.05, 3.63) is 53.2 Å². The first-order valence-corrected chi connectivity index (χ1v) is 14.4. The van der Waals surface area contributed by atoms with Crippen LogP contribution in [-0.4, -0.2) is 57.0 Å². The van der Waals surface area contributed by atoms with Gasteiger partial charge in [-0.1, -0.05) is 18.2 Å². The molecular formula is C26H31F3N5O3P. The van der Waals surface area contributed by atoms with Crippen molar-refractivity contribution in [2.75, 3.05) is 30.7 Å². The van der Waals surface area contributed by atoms with Crippen LogP contribution < -0.4 is 10.8 Å². The summed E-state index contributed by atoms with van der Waals surface area (Å²) in [5.74, 6) is -0.188. The number of aromatic nitrogens is 3. The standard InChI is InChI=1S/C26H31F3N5O3P/c1-15(17-7-6-8-18(22(17)27)23(28)29)31-24-19-13-21(30-14-20(19)32-16(2)33-24)38(36)11-9-34(10-12-38)25(35)37-26(3,4)5/h6-8,13-15,23H,9-12H2,1-5H3,(H,31,32,33)/t15-/m1/s1. The normalized spacial score (nSPS) is 16.5. The molecule has 1 amide bonds. The molecule has 0 bridgehead atoms. The van der Waals surface area contributed by atoms with Gasteiger partial charge in [-0.15, -0.1) is 0 Å². The van der Waals surface area contributed by atoms with Gasteiger partial charge in [0.1, 0.15) is 35.6 Å². The van der Waals surface area contributed by atoms with Crippen LogP contribution in [0.4, 0.5) is 23.8 Å². The number of nitrogens with zero attached hydrogens (tertiary/aromatic N) is 4. The first-order chi connectivity index (χ1) is 17.8. The minimum absolute atomic E-state index is 0.0730. The molecule has 4 rings (SSSR count). The Morgan fingerprint density at radius 1 is 1.16 bits per heavy atom. The van der Waals surface area contributed by atoms with Crippen molar-refractivity contribution in [3.8, 4) is 0 Å². The molecule has 38 heavy (non-hydrogen) atoms. The van der Waals surface area contributed by atoms with Crippen molar-refractivity contribution in [3.63, 3.8) is 0 Å². The number of hydrogen-bond donors (Lipinski definition) is 1. The number of fused-ring (bicyclic) bond motifs is 1. The molecule has 0 aliphatic carbocycles. The molecule has 0 radical (unpaired) electrons. The van der Waals surface area contributed by atoms with Crippen LogP contribution in [0.15, 0.2) is 30.5 Å². The molecule has 12 heteroatoms. The van der Waals surface area contributed by atoms with Gasteiger partial charge in [-0.3, -0.25) is 4.98 Å². The number of anilines is 1. The van der Waals surface area contributed by atoms with E-state index >= 15 is 0 Å². The molecule has 1 atom stereocenters. The van der Waals surface area contributed by atoms with Crippen LogP contribution in [0.2, 0.25) is 0 Å². The van der Waals surface area contributed by atoms with E-state index in [1.54, 1.807) is 45.6 Å². The van der Waals surface area contributed by atoms with E-state index in [1.165, 1.54) is 18.3 Å². The monoisotopic (exact) mass is 549 g/mol. The van der Waals surface area contributed by atoms with Crippen LogP contribution in [-0.2, 0) is 9.30 Å². The van der Waals surface area contributed by atoms with Gasteiger partial charge >= 0.3 is 6.09 Å². The van der Waals surface area contributed by atoms with Crippen LogP contribution in [0.3, 0.4) is 0 Å². The van der Waals surface area contributed by atoms with E-state index in [-0.39, 0.29) is 31.0 Å². The number of hydrogen-bond acceptors (Lipinski definition) is 7. The minimum atomic E-state index is -2.93. The molecule has 8 nitrogen and oxygen atoms in total. The Hall–Kier alpha value is -3.20. The van der Waals surface area contributed by atoms with E-state index in [0.717, 1.165) is 6.07 Å². The summed E-state index contributed by atoms with van der Waals surface area (Å²) in [5, 5.41) is 3.64. The highest BCUT2D eigenvalue weighted by Crippen LogP contribution is 2.46.